The summed E-state index contributed by atoms with van der Waals surface area (Å²) in [6.45, 7) is 9.40. The van der Waals surface area contributed by atoms with Crippen molar-refractivity contribution in [1.82, 2.24) is 24.6 Å². The number of nitrogens with one attached hydrogen (secondary N) is 1. The van der Waals surface area contributed by atoms with Crippen molar-refractivity contribution in [2.75, 3.05) is 25.0 Å². The van der Waals surface area contributed by atoms with Crippen molar-refractivity contribution in [2.24, 2.45) is 0 Å². The molecule has 10 nitrogen and oxygen atoms in total. The van der Waals surface area contributed by atoms with Gasteiger partial charge in [0.1, 0.15) is 5.82 Å². The van der Waals surface area contributed by atoms with Gasteiger partial charge < -0.3 is 24.0 Å². The molecule has 1 N–H and O–H groups in total. The number of carbonyl (C=O) groups is 2. The van der Waals surface area contributed by atoms with Crippen molar-refractivity contribution in [2.45, 2.75) is 40.3 Å². The summed E-state index contributed by atoms with van der Waals surface area (Å²) >= 11 is 0. The maximum atomic E-state index is 12.2. The first-order valence-corrected chi connectivity index (χ1v) is 11.8. The first kappa shape index (κ1) is 24.9. The molecule has 0 aliphatic carbocycles. The van der Waals surface area contributed by atoms with Crippen LogP contribution >= 0.6 is 0 Å². The second-order valence-electron chi connectivity index (χ2n) is 8.82. The van der Waals surface area contributed by atoms with Gasteiger partial charge in [-0.1, -0.05) is 17.3 Å². The van der Waals surface area contributed by atoms with Crippen LogP contribution in [-0.2, 0) is 16.1 Å². The van der Waals surface area contributed by atoms with Gasteiger partial charge in [-0.3, -0.25) is 4.79 Å². The number of aryl methyl sites for hydroxylation is 2. The van der Waals surface area contributed by atoms with Gasteiger partial charge in [0.2, 0.25) is 18.1 Å². The van der Waals surface area contributed by atoms with Crippen molar-refractivity contribution < 1.29 is 18.8 Å². The Hall–Kier alpha value is -4.21. The van der Waals surface area contributed by atoms with E-state index in [1.807, 2.05) is 49.6 Å². The van der Waals surface area contributed by atoms with E-state index >= 15 is 0 Å². The number of pyridine rings is 1. The number of rotatable bonds is 11. The maximum Gasteiger partial charge on any atom is 0.339 e. The highest BCUT2D eigenvalue weighted by Gasteiger charge is 2.14. The van der Waals surface area contributed by atoms with Crippen LogP contribution < -0.4 is 5.32 Å². The van der Waals surface area contributed by atoms with Crippen LogP contribution in [0.5, 0.6) is 0 Å². The Balaban J connectivity index is 1.37. The van der Waals surface area contributed by atoms with E-state index in [1.165, 1.54) is 0 Å². The number of hydrogen-bond donors (Lipinski definition) is 1. The smallest absolute Gasteiger partial charge is 0.339 e. The van der Waals surface area contributed by atoms with Gasteiger partial charge in [-0.2, -0.15) is 4.98 Å². The lowest BCUT2D eigenvalue weighted by Crippen LogP contribution is -2.31. The normalized spacial score (nSPS) is 11.1. The molecule has 1 amide bonds. The number of anilines is 1. The Bertz CT molecular complexity index is 1360. The van der Waals surface area contributed by atoms with E-state index in [4.69, 9.17) is 9.26 Å². The Morgan fingerprint density at radius 2 is 2.06 bits per heavy atom. The molecule has 1 aromatic carbocycles. The second kappa shape index (κ2) is 11.0. The number of esters is 1. The van der Waals surface area contributed by atoms with Gasteiger partial charge in [-0.05, 0) is 44.4 Å². The predicted octanol–water partition coefficient (Wildman–Crippen LogP) is 3.84. The molecule has 0 aliphatic heterocycles. The van der Waals surface area contributed by atoms with E-state index in [0.717, 1.165) is 34.3 Å². The lowest BCUT2D eigenvalue weighted by molar-refractivity contribution is -0.118. The number of hydrogen-bond acceptors (Lipinski definition) is 8. The molecule has 0 fully saturated rings. The zero-order valence-electron chi connectivity index (χ0n) is 20.9. The topological polar surface area (TPSA) is 115 Å². The summed E-state index contributed by atoms with van der Waals surface area (Å²) in [6, 6.07) is 9.65. The van der Waals surface area contributed by atoms with Crippen molar-refractivity contribution in [3.05, 3.63) is 59.9 Å². The van der Waals surface area contributed by atoms with Gasteiger partial charge in [0.25, 0.3) is 0 Å². The summed E-state index contributed by atoms with van der Waals surface area (Å²) in [5, 5.41) is 9.29. The molecule has 3 heterocycles. The third kappa shape index (κ3) is 5.88. The summed E-state index contributed by atoms with van der Waals surface area (Å²) in [7, 11) is 0. The molecule has 3 aromatic heterocycles. The highest BCUT2D eigenvalue weighted by Crippen LogP contribution is 2.26. The predicted molar refractivity (Wildman–Crippen MR) is 136 cm³/mol. The Morgan fingerprint density at radius 3 is 2.78 bits per heavy atom. The Morgan fingerprint density at radius 1 is 1.22 bits per heavy atom. The first-order chi connectivity index (χ1) is 17.3. The van der Waals surface area contributed by atoms with Gasteiger partial charge >= 0.3 is 5.97 Å². The number of fused-ring (bicyclic) bond motifs is 1. The monoisotopic (exact) mass is 490 g/mol. The van der Waals surface area contributed by atoms with E-state index in [0.29, 0.717) is 43.5 Å². The van der Waals surface area contributed by atoms with Gasteiger partial charge in [0, 0.05) is 62.1 Å². The summed E-state index contributed by atoms with van der Waals surface area (Å²) < 4.78 is 12.3. The average Bonchev–Trinajstić information content (AvgIpc) is 3.46. The molecule has 188 valence electrons. The molecule has 10 heteroatoms. The third-order valence-electron chi connectivity index (χ3n) is 5.71. The van der Waals surface area contributed by atoms with Crippen molar-refractivity contribution >= 4 is 29.0 Å². The largest absolute Gasteiger partial charge is 0.459 e. The fourth-order valence-corrected chi connectivity index (χ4v) is 3.89. The zero-order chi connectivity index (χ0) is 25.7. The van der Waals surface area contributed by atoms with Crippen molar-refractivity contribution in [1.29, 1.82) is 0 Å². The number of nitrogens with zero attached hydrogens (tertiary/aromatic N) is 5. The van der Waals surface area contributed by atoms with E-state index in [9.17, 15) is 9.59 Å². The third-order valence-corrected chi connectivity index (χ3v) is 5.71. The molecule has 0 saturated heterocycles. The van der Waals surface area contributed by atoms with Gasteiger partial charge in [0.05, 0.1) is 11.7 Å². The molecule has 0 unspecified atom stereocenters. The number of carbonyl (C=O) groups excluding carboxylic acids is 2. The molecule has 0 bridgehead atoms. The number of aromatic nitrogens is 4. The average molecular weight is 491 g/mol. The van der Waals surface area contributed by atoms with E-state index < -0.39 is 0 Å². The minimum atomic E-state index is -0.344. The van der Waals surface area contributed by atoms with E-state index in [1.54, 1.807) is 30.3 Å². The molecular formula is C26H30N6O4. The SMILES string of the molecule is Cc1nc(-c2ccc3ccnc(NCCN(C=O)CCn4cc(C(=O)OC(C)C)cc4C)c3c2)no1. The van der Waals surface area contributed by atoms with Crippen LogP contribution in [0.25, 0.3) is 22.2 Å². The van der Waals surface area contributed by atoms with Crippen LogP contribution in [0.3, 0.4) is 0 Å². The highest BCUT2D eigenvalue weighted by atomic mass is 16.5. The summed E-state index contributed by atoms with van der Waals surface area (Å²) in [4.78, 5) is 34.3. The molecule has 4 aromatic rings. The number of ether oxygens (including phenoxy) is 1. The van der Waals surface area contributed by atoms with Gasteiger partial charge in [-0.25, -0.2) is 9.78 Å². The van der Waals surface area contributed by atoms with E-state index in [-0.39, 0.29) is 12.1 Å². The van der Waals surface area contributed by atoms with Crippen LogP contribution in [0.2, 0.25) is 0 Å². The zero-order valence-corrected chi connectivity index (χ0v) is 20.9. The summed E-state index contributed by atoms with van der Waals surface area (Å²) in [6.07, 6.45) is 4.17. The van der Waals surface area contributed by atoms with Crippen LogP contribution in [-0.4, -0.2) is 62.7 Å². The quantitative estimate of drug-likeness (QED) is 0.249. The molecular weight excluding hydrogens is 460 g/mol. The standard InChI is InChI=1S/C26H30N6O4/c1-17(2)35-26(34)22-13-18(3)32(15-22)12-11-31(16-33)10-9-28-25-23-14-21(24-29-19(4)36-30-24)6-5-20(23)7-8-27-25/h5-8,13-17H,9-12H2,1-4H3,(H,27,28). The molecule has 4 rings (SSSR count). The Kier molecular flexibility index (Phi) is 7.62. The lowest BCUT2D eigenvalue weighted by atomic mass is 10.1. The van der Waals surface area contributed by atoms with E-state index in [2.05, 4.69) is 20.4 Å². The second-order valence-corrected chi connectivity index (χ2v) is 8.82. The molecule has 0 radical (unpaired) electrons. The number of amides is 1. The minimum absolute atomic E-state index is 0.176. The number of benzene rings is 1. The summed E-state index contributed by atoms with van der Waals surface area (Å²) in [5.41, 5.74) is 2.28. The summed E-state index contributed by atoms with van der Waals surface area (Å²) in [5.74, 6) is 1.40. The van der Waals surface area contributed by atoms with Crippen molar-refractivity contribution in [3.8, 4) is 11.4 Å². The van der Waals surface area contributed by atoms with Crippen LogP contribution in [0.15, 0.2) is 47.2 Å². The first-order valence-electron chi connectivity index (χ1n) is 11.8. The molecule has 0 aliphatic rings. The molecule has 0 saturated carbocycles. The molecule has 0 atom stereocenters. The molecule has 0 spiro atoms. The van der Waals surface area contributed by atoms with Crippen LogP contribution in [0, 0.1) is 13.8 Å². The Labute approximate surface area is 209 Å². The molecule has 36 heavy (non-hydrogen) atoms. The van der Waals surface area contributed by atoms with Crippen LogP contribution in [0.4, 0.5) is 5.82 Å². The maximum absolute atomic E-state index is 12.2. The van der Waals surface area contributed by atoms with Gasteiger partial charge in [-0.15, -0.1) is 0 Å². The highest BCUT2D eigenvalue weighted by molar-refractivity contribution is 5.94. The van der Waals surface area contributed by atoms with Gasteiger partial charge in [0.15, 0.2) is 0 Å². The van der Waals surface area contributed by atoms with Crippen molar-refractivity contribution in [3.63, 3.8) is 0 Å². The minimum Gasteiger partial charge on any atom is -0.459 e. The lowest BCUT2D eigenvalue weighted by Gasteiger charge is -2.19. The fraction of sp³-hybridized carbons (Fsp3) is 0.346. The fourth-order valence-electron chi connectivity index (χ4n) is 3.89. The van der Waals surface area contributed by atoms with Crippen LogP contribution in [0.1, 0.15) is 35.8 Å².